The van der Waals surface area contributed by atoms with Crippen LogP contribution in [0.3, 0.4) is 0 Å². The molecule has 0 spiro atoms. The van der Waals surface area contributed by atoms with Crippen molar-refractivity contribution in [1.29, 1.82) is 0 Å². The van der Waals surface area contributed by atoms with E-state index in [1.54, 1.807) is 0 Å². The molecule has 0 unspecified atom stereocenters. The minimum Gasteiger partial charge on any atom is -0.396 e. The smallest absolute Gasteiger partial charge is 0.0459 e. The molecule has 90 valence electrons. The van der Waals surface area contributed by atoms with Crippen molar-refractivity contribution in [2.45, 2.75) is 26.2 Å². The molecule has 1 aliphatic heterocycles. The maximum Gasteiger partial charge on any atom is 0.0459 e. The van der Waals surface area contributed by atoms with Crippen LogP contribution in [-0.4, -0.2) is 61.3 Å². The van der Waals surface area contributed by atoms with Crippen LogP contribution in [-0.2, 0) is 0 Å². The van der Waals surface area contributed by atoms with E-state index >= 15 is 0 Å². The summed E-state index contributed by atoms with van der Waals surface area (Å²) in [5, 5.41) is 9.20. The fraction of sp³-hybridized carbons (Fsp3) is 1.00. The monoisotopic (exact) mass is 214 g/mol. The van der Waals surface area contributed by atoms with Crippen molar-refractivity contribution < 1.29 is 5.11 Å². The molecule has 3 heteroatoms. The van der Waals surface area contributed by atoms with Crippen LogP contribution in [0.15, 0.2) is 0 Å². The summed E-state index contributed by atoms with van der Waals surface area (Å²) in [6.45, 7) is 8.50. The van der Waals surface area contributed by atoms with Crippen LogP contribution in [0, 0.1) is 5.92 Å². The Morgan fingerprint density at radius 2 is 1.80 bits per heavy atom. The topological polar surface area (TPSA) is 26.7 Å². The Balaban J connectivity index is 2.12. The molecule has 1 aliphatic rings. The van der Waals surface area contributed by atoms with E-state index in [0.29, 0.717) is 12.5 Å². The molecule has 0 aromatic heterocycles. The summed E-state index contributed by atoms with van der Waals surface area (Å²) in [6.07, 6.45) is 3.52. The van der Waals surface area contributed by atoms with Crippen molar-refractivity contribution in [1.82, 2.24) is 9.80 Å². The number of likely N-dealkylation sites (N-methyl/N-ethyl adjacent to an activating group) is 1. The van der Waals surface area contributed by atoms with Gasteiger partial charge in [-0.3, -0.25) is 0 Å². The molecule has 1 fully saturated rings. The second-order valence-corrected chi connectivity index (χ2v) is 4.77. The molecule has 15 heavy (non-hydrogen) atoms. The second-order valence-electron chi connectivity index (χ2n) is 4.77. The third kappa shape index (κ3) is 4.96. The lowest BCUT2D eigenvalue weighted by molar-refractivity contribution is 0.133. The van der Waals surface area contributed by atoms with Gasteiger partial charge < -0.3 is 14.9 Å². The van der Waals surface area contributed by atoms with Gasteiger partial charge in [-0.1, -0.05) is 13.3 Å². The predicted molar refractivity (Wildman–Crippen MR) is 64.0 cm³/mol. The first-order valence-corrected chi connectivity index (χ1v) is 6.28. The maximum absolute atomic E-state index is 9.20. The molecule has 0 aromatic rings. The first-order chi connectivity index (χ1) is 7.26. The Hall–Kier alpha value is -0.120. The summed E-state index contributed by atoms with van der Waals surface area (Å²) < 4.78 is 0. The number of aliphatic hydroxyl groups is 1. The van der Waals surface area contributed by atoms with Crippen LogP contribution in [0.1, 0.15) is 26.2 Å². The lowest BCUT2D eigenvalue weighted by Crippen LogP contribution is -2.45. The fourth-order valence-corrected chi connectivity index (χ4v) is 2.17. The van der Waals surface area contributed by atoms with Crippen molar-refractivity contribution in [3.8, 4) is 0 Å². The van der Waals surface area contributed by atoms with Gasteiger partial charge in [-0.2, -0.15) is 0 Å². The SMILES string of the molecule is CCC[C@H](CO)CCN1CCN(C)CC1. The molecule has 1 saturated heterocycles. The third-order valence-corrected chi connectivity index (χ3v) is 3.40. The van der Waals surface area contributed by atoms with E-state index in [1.807, 2.05) is 0 Å². The minimum absolute atomic E-state index is 0.363. The van der Waals surface area contributed by atoms with E-state index in [9.17, 15) is 5.11 Å². The van der Waals surface area contributed by atoms with E-state index in [4.69, 9.17) is 0 Å². The van der Waals surface area contributed by atoms with Crippen LogP contribution in [0.25, 0.3) is 0 Å². The van der Waals surface area contributed by atoms with Gasteiger partial charge >= 0.3 is 0 Å². The lowest BCUT2D eigenvalue weighted by atomic mass is 10.0. The Morgan fingerprint density at radius 3 is 2.33 bits per heavy atom. The first kappa shape index (κ1) is 12.9. The van der Waals surface area contributed by atoms with E-state index < -0.39 is 0 Å². The predicted octanol–water partition coefficient (Wildman–Crippen LogP) is 1.03. The highest BCUT2D eigenvalue weighted by Crippen LogP contribution is 2.11. The highest BCUT2D eigenvalue weighted by molar-refractivity contribution is 4.70. The summed E-state index contributed by atoms with van der Waals surface area (Å²) >= 11 is 0. The van der Waals surface area contributed by atoms with E-state index in [0.717, 1.165) is 6.42 Å². The van der Waals surface area contributed by atoms with Crippen molar-refractivity contribution in [2.75, 3.05) is 46.4 Å². The second kappa shape index (κ2) is 7.20. The highest BCUT2D eigenvalue weighted by atomic mass is 16.3. The average Bonchev–Trinajstić information content (AvgIpc) is 2.26. The average molecular weight is 214 g/mol. The molecule has 1 atom stereocenters. The molecule has 1 N–H and O–H groups in total. The van der Waals surface area contributed by atoms with Crippen LogP contribution in [0.5, 0.6) is 0 Å². The standard InChI is InChI=1S/C12H26N2O/c1-3-4-12(11-15)5-6-14-9-7-13(2)8-10-14/h12,15H,3-11H2,1-2H3/t12-/m0/s1. The van der Waals surface area contributed by atoms with Gasteiger partial charge in [-0.25, -0.2) is 0 Å². The molecular formula is C12H26N2O. The molecule has 0 bridgehead atoms. The van der Waals surface area contributed by atoms with Gasteiger partial charge in [0.2, 0.25) is 0 Å². The third-order valence-electron chi connectivity index (χ3n) is 3.40. The number of rotatable bonds is 6. The van der Waals surface area contributed by atoms with E-state index in [2.05, 4.69) is 23.8 Å². The normalized spacial score (nSPS) is 21.8. The first-order valence-electron chi connectivity index (χ1n) is 6.28. The molecule has 1 rings (SSSR count). The van der Waals surface area contributed by atoms with Crippen LogP contribution < -0.4 is 0 Å². The van der Waals surface area contributed by atoms with Crippen LogP contribution in [0.2, 0.25) is 0 Å². The Morgan fingerprint density at radius 1 is 1.13 bits per heavy atom. The fourth-order valence-electron chi connectivity index (χ4n) is 2.17. The van der Waals surface area contributed by atoms with Crippen molar-refractivity contribution in [3.63, 3.8) is 0 Å². The van der Waals surface area contributed by atoms with Gasteiger partial charge in [0.15, 0.2) is 0 Å². The summed E-state index contributed by atoms with van der Waals surface area (Å²) in [6, 6.07) is 0. The van der Waals surface area contributed by atoms with Gasteiger partial charge in [0.25, 0.3) is 0 Å². The maximum atomic E-state index is 9.20. The Labute approximate surface area is 94.1 Å². The summed E-state index contributed by atoms with van der Waals surface area (Å²) in [5.74, 6) is 0.523. The van der Waals surface area contributed by atoms with Crippen LogP contribution in [0.4, 0.5) is 0 Å². The zero-order valence-electron chi connectivity index (χ0n) is 10.3. The van der Waals surface area contributed by atoms with Gasteiger partial charge in [0, 0.05) is 32.8 Å². The van der Waals surface area contributed by atoms with E-state index in [-0.39, 0.29) is 0 Å². The zero-order chi connectivity index (χ0) is 11.1. The molecule has 0 aromatic carbocycles. The molecular weight excluding hydrogens is 188 g/mol. The van der Waals surface area contributed by atoms with Crippen LogP contribution >= 0.6 is 0 Å². The molecule has 3 nitrogen and oxygen atoms in total. The summed E-state index contributed by atoms with van der Waals surface area (Å²) in [4.78, 5) is 4.91. The lowest BCUT2D eigenvalue weighted by Gasteiger charge is -2.33. The number of hydrogen-bond donors (Lipinski definition) is 1. The molecule has 0 saturated carbocycles. The zero-order valence-corrected chi connectivity index (χ0v) is 10.3. The molecule has 0 radical (unpaired) electrons. The van der Waals surface area contributed by atoms with Gasteiger partial charge in [-0.05, 0) is 32.4 Å². The Kier molecular flexibility index (Phi) is 6.22. The number of aliphatic hydroxyl groups excluding tert-OH is 1. The number of piperazine rings is 1. The highest BCUT2D eigenvalue weighted by Gasteiger charge is 2.15. The minimum atomic E-state index is 0.363. The Bertz CT molecular complexity index is 156. The molecule has 0 aliphatic carbocycles. The molecule has 0 amide bonds. The number of nitrogens with zero attached hydrogens (tertiary/aromatic N) is 2. The summed E-state index contributed by atoms with van der Waals surface area (Å²) in [5.41, 5.74) is 0. The quantitative estimate of drug-likeness (QED) is 0.715. The van der Waals surface area contributed by atoms with Crippen molar-refractivity contribution >= 4 is 0 Å². The van der Waals surface area contributed by atoms with Gasteiger partial charge in [0.1, 0.15) is 0 Å². The summed E-state index contributed by atoms with van der Waals surface area (Å²) in [7, 11) is 2.19. The van der Waals surface area contributed by atoms with E-state index in [1.165, 1.54) is 45.6 Å². The van der Waals surface area contributed by atoms with Gasteiger partial charge in [-0.15, -0.1) is 0 Å². The van der Waals surface area contributed by atoms with Crippen molar-refractivity contribution in [2.24, 2.45) is 5.92 Å². The largest absolute Gasteiger partial charge is 0.396 e. The van der Waals surface area contributed by atoms with Crippen molar-refractivity contribution in [3.05, 3.63) is 0 Å². The van der Waals surface area contributed by atoms with Gasteiger partial charge in [0.05, 0.1) is 0 Å². The molecule has 1 heterocycles. The number of hydrogen-bond acceptors (Lipinski definition) is 3.